The number of carbonyl (C=O) groups is 1. The molecular weight excluding hydrogens is 328 g/mol. The van der Waals surface area contributed by atoms with Gasteiger partial charge in [-0.25, -0.2) is 0 Å². The van der Waals surface area contributed by atoms with E-state index in [0.717, 1.165) is 31.0 Å². The van der Waals surface area contributed by atoms with Gasteiger partial charge in [0.05, 0.1) is 0 Å². The standard InChI is InChI=1S/C18H24N2O3.ClH/c1-11-9-20(10-12(2)19-11)18(21)15-8-14(15)13-3-4-16-17(7-13)23-6-5-22-16;/h3-4,7,11-12,14-15,19H,5-6,8-10H2,1-2H3;1H. The van der Waals surface area contributed by atoms with Gasteiger partial charge in [-0.05, 0) is 43.9 Å². The van der Waals surface area contributed by atoms with Gasteiger partial charge in [0.1, 0.15) is 13.2 Å². The number of amides is 1. The summed E-state index contributed by atoms with van der Waals surface area (Å²) in [4.78, 5) is 14.8. The van der Waals surface area contributed by atoms with Crippen LogP contribution in [0.3, 0.4) is 0 Å². The van der Waals surface area contributed by atoms with Crippen molar-refractivity contribution in [1.29, 1.82) is 0 Å². The average Bonchev–Trinajstić information content (AvgIpc) is 3.33. The van der Waals surface area contributed by atoms with Crippen LogP contribution < -0.4 is 14.8 Å². The highest BCUT2D eigenvalue weighted by Crippen LogP contribution is 2.50. The van der Waals surface area contributed by atoms with E-state index in [9.17, 15) is 4.79 Å². The van der Waals surface area contributed by atoms with E-state index in [2.05, 4.69) is 31.3 Å². The van der Waals surface area contributed by atoms with Crippen LogP contribution in [0.15, 0.2) is 18.2 Å². The van der Waals surface area contributed by atoms with Crippen LogP contribution in [0.4, 0.5) is 0 Å². The molecule has 1 saturated heterocycles. The second-order valence-electron chi connectivity index (χ2n) is 7.06. The van der Waals surface area contributed by atoms with Crippen LogP contribution in [0, 0.1) is 5.92 Å². The van der Waals surface area contributed by atoms with Crippen LogP contribution in [-0.4, -0.2) is 49.2 Å². The molecule has 2 aliphatic heterocycles. The highest BCUT2D eigenvalue weighted by Gasteiger charge is 2.46. The summed E-state index contributed by atoms with van der Waals surface area (Å²) in [6.45, 7) is 7.11. The van der Waals surface area contributed by atoms with Gasteiger partial charge in [0.25, 0.3) is 0 Å². The van der Waals surface area contributed by atoms with Crippen LogP contribution in [0.5, 0.6) is 11.5 Å². The number of piperazine rings is 1. The molecule has 0 aromatic heterocycles. The minimum Gasteiger partial charge on any atom is -0.486 e. The van der Waals surface area contributed by atoms with Crippen molar-refractivity contribution in [3.63, 3.8) is 0 Å². The summed E-state index contributed by atoms with van der Waals surface area (Å²) in [6, 6.07) is 6.84. The van der Waals surface area contributed by atoms with Gasteiger partial charge >= 0.3 is 0 Å². The van der Waals surface area contributed by atoms with Crippen molar-refractivity contribution in [2.45, 2.75) is 38.3 Å². The van der Waals surface area contributed by atoms with E-state index in [1.165, 1.54) is 5.56 Å². The van der Waals surface area contributed by atoms with Crippen LogP contribution >= 0.6 is 12.4 Å². The number of carbonyl (C=O) groups excluding carboxylic acids is 1. The molecule has 0 radical (unpaired) electrons. The second kappa shape index (κ2) is 6.81. The van der Waals surface area contributed by atoms with Crippen molar-refractivity contribution in [3.05, 3.63) is 23.8 Å². The van der Waals surface area contributed by atoms with Gasteiger partial charge in [-0.3, -0.25) is 4.79 Å². The van der Waals surface area contributed by atoms with E-state index in [1.807, 2.05) is 11.0 Å². The zero-order valence-electron chi connectivity index (χ0n) is 14.2. The fourth-order valence-corrected chi connectivity index (χ4v) is 3.87. The van der Waals surface area contributed by atoms with Crippen LogP contribution in [-0.2, 0) is 4.79 Å². The number of hydrogen-bond acceptors (Lipinski definition) is 4. The van der Waals surface area contributed by atoms with E-state index < -0.39 is 0 Å². The molecule has 3 aliphatic rings. The molecule has 4 rings (SSSR count). The van der Waals surface area contributed by atoms with Crippen molar-refractivity contribution in [3.8, 4) is 11.5 Å². The molecule has 2 heterocycles. The Balaban J connectivity index is 0.00000169. The lowest BCUT2D eigenvalue weighted by Crippen LogP contribution is -2.56. The molecule has 24 heavy (non-hydrogen) atoms. The van der Waals surface area contributed by atoms with Gasteiger partial charge in [0.15, 0.2) is 11.5 Å². The number of rotatable bonds is 2. The molecule has 2 fully saturated rings. The first-order valence-electron chi connectivity index (χ1n) is 8.56. The molecule has 1 aromatic rings. The SMILES string of the molecule is CC1CN(C(=O)C2CC2c2ccc3c(c2)OCCO3)CC(C)N1.Cl. The minimum atomic E-state index is 0. The van der Waals surface area contributed by atoms with Gasteiger partial charge < -0.3 is 19.7 Å². The lowest BCUT2D eigenvalue weighted by atomic mass is 10.1. The highest BCUT2D eigenvalue weighted by atomic mass is 35.5. The first-order chi connectivity index (χ1) is 11.1. The third-order valence-electron chi connectivity index (χ3n) is 4.97. The number of halogens is 1. The van der Waals surface area contributed by atoms with Crippen LogP contribution in [0.25, 0.3) is 0 Å². The molecule has 1 N–H and O–H groups in total. The van der Waals surface area contributed by atoms with Gasteiger partial charge in [-0.15, -0.1) is 12.4 Å². The molecule has 6 heteroatoms. The Kier molecular flexibility index (Phi) is 4.92. The first kappa shape index (κ1) is 17.4. The fraction of sp³-hybridized carbons (Fsp3) is 0.611. The summed E-state index contributed by atoms with van der Waals surface area (Å²) in [6.07, 6.45) is 0.950. The molecule has 132 valence electrons. The second-order valence-corrected chi connectivity index (χ2v) is 7.06. The van der Waals surface area contributed by atoms with Gasteiger partial charge in [-0.2, -0.15) is 0 Å². The third kappa shape index (κ3) is 3.33. The monoisotopic (exact) mass is 352 g/mol. The third-order valence-corrected chi connectivity index (χ3v) is 4.97. The maximum absolute atomic E-state index is 12.8. The summed E-state index contributed by atoms with van der Waals surface area (Å²) in [5.74, 6) is 2.41. The lowest BCUT2D eigenvalue weighted by molar-refractivity contribution is -0.134. The van der Waals surface area contributed by atoms with E-state index in [-0.39, 0.29) is 18.3 Å². The topological polar surface area (TPSA) is 50.8 Å². The Labute approximate surface area is 149 Å². The van der Waals surface area contributed by atoms with E-state index in [1.54, 1.807) is 0 Å². The Morgan fingerprint density at radius 2 is 1.79 bits per heavy atom. The molecule has 1 saturated carbocycles. The molecule has 4 unspecified atom stereocenters. The smallest absolute Gasteiger partial charge is 0.226 e. The van der Waals surface area contributed by atoms with Gasteiger partial charge in [0, 0.05) is 31.1 Å². The number of nitrogens with one attached hydrogen (secondary N) is 1. The van der Waals surface area contributed by atoms with Gasteiger partial charge in [-0.1, -0.05) is 6.07 Å². The summed E-state index contributed by atoms with van der Waals surface area (Å²) >= 11 is 0. The molecule has 4 atom stereocenters. The zero-order chi connectivity index (χ0) is 16.0. The van der Waals surface area contributed by atoms with Crippen molar-refractivity contribution < 1.29 is 14.3 Å². The first-order valence-corrected chi connectivity index (χ1v) is 8.56. The average molecular weight is 353 g/mol. The highest BCUT2D eigenvalue weighted by molar-refractivity contribution is 5.85. The molecular formula is C18H25ClN2O3. The maximum Gasteiger partial charge on any atom is 0.226 e. The Bertz CT molecular complexity index is 614. The largest absolute Gasteiger partial charge is 0.486 e. The molecule has 1 aliphatic carbocycles. The van der Waals surface area contributed by atoms with E-state index in [4.69, 9.17) is 9.47 Å². The number of fused-ring (bicyclic) bond motifs is 1. The fourth-order valence-electron chi connectivity index (χ4n) is 3.87. The summed E-state index contributed by atoms with van der Waals surface area (Å²) in [7, 11) is 0. The molecule has 5 nitrogen and oxygen atoms in total. The summed E-state index contributed by atoms with van der Waals surface area (Å²) in [5.41, 5.74) is 1.20. The summed E-state index contributed by atoms with van der Waals surface area (Å²) in [5, 5.41) is 3.48. The van der Waals surface area contributed by atoms with Crippen molar-refractivity contribution in [1.82, 2.24) is 10.2 Å². The predicted molar refractivity (Wildman–Crippen MR) is 94.2 cm³/mol. The predicted octanol–water partition coefficient (Wildman–Crippen LogP) is 2.19. The quantitative estimate of drug-likeness (QED) is 0.886. The lowest BCUT2D eigenvalue weighted by Gasteiger charge is -2.36. The van der Waals surface area contributed by atoms with Crippen LogP contribution in [0.2, 0.25) is 0 Å². The Morgan fingerprint density at radius 3 is 2.50 bits per heavy atom. The summed E-state index contributed by atoms with van der Waals surface area (Å²) < 4.78 is 11.2. The minimum absolute atomic E-state index is 0. The Hall–Kier alpha value is -1.46. The molecule has 0 spiro atoms. The normalized spacial score (nSPS) is 31.2. The number of hydrogen-bond donors (Lipinski definition) is 1. The number of ether oxygens (including phenoxy) is 2. The Morgan fingerprint density at radius 1 is 1.12 bits per heavy atom. The van der Waals surface area contributed by atoms with Crippen molar-refractivity contribution in [2.75, 3.05) is 26.3 Å². The molecule has 1 aromatic carbocycles. The molecule has 1 amide bonds. The number of benzene rings is 1. The van der Waals surface area contributed by atoms with Gasteiger partial charge in [0.2, 0.25) is 5.91 Å². The van der Waals surface area contributed by atoms with Crippen molar-refractivity contribution in [2.24, 2.45) is 5.92 Å². The van der Waals surface area contributed by atoms with Crippen molar-refractivity contribution >= 4 is 18.3 Å². The van der Waals surface area contributed by atoms with E-state index in [0.29, 0.717) is 37.1 Å². The number of nitrogens with zero attached hydrogens (tertiary/aromatic N) is 1. The van der Waals surface area contributed by atoms with E-state index >= 15 is 0 Å². The van der Waals surface area contributed by atoms with Crippen LogP contribution in [0.1, 0.15) is 31.7 Å². The zero-order valence-corrected chi connectivity index (χ0v) is 15.0. The molecule has 0 bridgehead atoms. The maximum atomic E-state index is 12.8.